The third-order valence-electron chi connectivity index (χ3n) is 6.58. The van der Waals surface area contributed by atoms with E-state index in [1.807, 2.05) is 30.3 Å². The van der Waals surface area contributed by atoms with Crippen LogP contribution in [0.2, 0.25) is 5.02 Å². The topological polar surface area (TPSA) is 41.3 Å². The molecule has 182 valence electrons. The molecule has 34 heavy (non-hydrogen) atoms. The van der Waals surface area contributed by atoms with Gasteiger partial charge in [0.15, 0.2) is 5.71 Å². The second kappa shape index (κ2) is 12.2. The molecule has 0 spiro atoms. The molecule has 0 fully saturated rings. The fourth-order valence-electron chi connectivity index (χ4n) is 4.58. The van der Waals surface area contributed by atoms with E-state index in [1.165, 1.54) is 37.7 Å². The van der Waals surface area contributed by atoms with Crippen LogP contribution >= 0.6 is 11.6 Å². The molecule has 0 aliphatic carbocycles. The van der Waals surface area contributed by atoms with Crippen molar-refractivity contribution in [3.63, 3.8) is 0 Å². The normalized spacial score (nSPS) is 14.5. The summed E-state index contributed by atoms with van der Waals surface area (Å²) in [7, 11) is 1.63. The number of halogens is 1. The average molecular weight is 482 g/mol. The highest BCUT2D eigenvalue weighted by molar-refractivity contribution is 6.32. The molecule has 0 saturated carbocycles. The summed E-state index contributed by atoms with van der Waals surface area (Å²) in [5.74, 6) is 0.779. The minimum atomic E-state index is -0.231. The Morgan fingerprint density at radius 2 is 1.79 bits per heavy atom. The SMILES string of the molecule is CCCCCCCCNC(=O)C[N+]1=C(C=Cc2ccc(OC)cc2Cl)C(C)(C)c2ccccc21. The van der Waals surface area contributed by atoms with Crippen molar-refractivity contribution in [2.24, 2.45) is 0 Å². The molecular weight excluding hydrogens is 444 g/mol. The molecule has 0 unspecified atom stereocenters. The first-order valence-electron chi connectivity index (χ1n) is 12.4. The van der Waals surface area contributed by atoms with Gasteiger partial charge in [-0.1, -0.05) is 68.8 Å². The summed E-state index contributed by atoms with van der Waals surface area (Å²) in [6, 6.07) is 14.0. The van der Waals surface area contributed by atoms with Crippen LogP contribution in [-0.2, 0) is 10.2 Å². The average Bonchev–Trinajstić information content (AvgIpc) is 3.03. The number of allylic oxidation sites excluding steroid dienone is 1. The van der Waals surface area contributed by atoms with E-state index in [0.717, 1.165) is 35.7 Å². The first-order chi connectivity index (χ1) is 16.4. The van der Waals surface area contributed by atoms with E-state index in [9.17, 15) is 4.79 Å². The largest absolute Gasteiger partial charge is 0.497 e. The molecule has 0 atom stereocenters. The number of carbonyl (C=O) groups excluding carboxylic acids is 1. The van der Waals surface area contributed by atoms with Crippen molar-refractivity contribution in [3.05, 3.63) is 64.7 Å². The maximum Gasteiger partial charge on any atom is 0.286 e. The molecule has 2 aromatic rings. The number of unbranched alkanes of at least 4 members (excludes halogenated alkanes) is 5. The zero-order chi connectivity index (χ0) is 24.6. The van der Waals surface area contributed by atoms with Gasteiger partial charge in [-0.15, -0.1) is 0 Å². The molecule has 1 aliphatic heterocycles. The molecule has 0 aromatic heterocycles. The van der Waals surface area contributed by atoms with E-state index in [1.54, 1.807) is 7.11 Å². The number of rotatable bonds is 12. The Balaban J connectivity index is 1.77. The van der Waals surface area contributed by atoms with Gasteiger partial charge in [0.1, 0.15) is 5.75 Å². The molecule has 1 N–H and O–H groups in total. The van der Waals surface area contributed by atoms with Crippen LogP contribution in [0.3, 0.4) is 0 Å². The van der Waals surface area contributed by atoms with Crippen LogP contribution in [0.5, 0.6) is 5.75 Å². The predicted molar refractivity (Wildman–Crippen MR) is 143 cm³/mol. The zero-order valence-electron chi connectivity index (χ0n) is 21.0. The lowest BCUT2D eigenvalue weighted by Gasteiger charge is -2.15. The quantitative estimate of drug-likeness (QED) is 0.264. The minimum Gasteiger partial charge on any atom is -0.497 e. The first kappa shape index (κ1) is 26.0. The Kier molecular flexibility index (Phi) is 9.35. The summed E-state index contributed by atoms with van der Waals surface area (Å²) in [5, 5.41) is 3.75. The van der Waals surface area contributed by atoms with Crippen molar-refractivity contribution < 1.29 is 14.1 Å². The molecule has 1 aliphatic rings. The number of nitrogens with zero attached hydrogens (tertiary/aromatic N) is 1. The van der Waals surface area contributed by atoms with Crippen LogP contribution in [0.1, 0.15) is 70.4 Å². The van der Waals surface area contributed by atoms with Gasteiger partial charge >= 0.3 is 0 Å². The van der Waals surface area contributed by atoms with Gasteiger partial charge in [0, 0.05) is 24.3 Å². The van der Waals surface area contributed by atoms with Crippen LogP contribution in [0.15, 0.2) is 48.5 Å². The Bertz CT molecular complexity index is 1060. The number of nitrogens with one attached hydrogen (secondary N) is 1. The zero-order valence-corrected chi connectivity index (χ0v) is 21.8. The van der Waals surface area contributed by atoms with Crippen LogP contribution in [0, 0.1) is 0 Å². The van der Waals surface area contributed by atoms with Crippen molar-refractivity contribution >= 4 is 35.0 Å². The van der Waals surface area contributed by atoms with Gasteiger partial charge in [-0.05, 0) is 50.1 Å². The number of methoxy groups -OCH3 is 1. The summed E-state index contributed by atoms with van der Waals surface area (Å²) in [6.07, 6.45) is 11.4. The van der Waals surface area contributed by atoms with Crippen LogP contribution in [0.4, 0.5) is 5.69 Å². The molecule has 3 rings (SSSR count). The maximum atomic E-state index is 12.9. The fraction of sp³-hybridized carbons (Fsp3) is 0.448. The molecule has 0 saturated heterocycles. The molecule has 0 bridgehead atoms. The van der Waals surface area contributed by atoms with Crippen molar-refractivity contribution in [2.75, 3.05) is 20.2 Å². The van der Waals surface area contributed by atoms with Gasteiger partial charge in [0.05, 0.1) is 17.5 Å². The lowest BCUT2D eigenvalue weighted by molar-refractivity contribution is -0.425. The van der Waals surface area contributed by atoms with Crippen LogP contribution in [-0.4, -0.2) is 36.4 Å². The molecule has 1 heterocycles. The number of ether oxygens (including phenoxy) is 1. The second-order valence-electron chi connectivity index (χ2n) is 9.45. The number of para-hydroxylation sites is 1. The lowest BCUT2D eigenvalue weighted by atomic mass is 9.81. The van der Waals surface area contributed by atoms with Gasteiger partial charge in [-0.3, -0.25) is 4.79 Å². The third-order valence-corrected chi connectivity index (χ3v) is 6.91. The van der Waals surface area contributed by atoms with E-state index >= 15 is 0 Å². The molecule has 2 aromatic carbocycles. The number of hydrogen-bond donors (Lipinski definition) is 1. The molecule has 1 amide bonds. The number of fused-ring (bicyclic) bond motifs is 1. The lowest BCUT2D eigenvalue weighted by Crippen LogP contribution is -2.34. The molecule has 4 nitrogen and oxygen atoms in total. The van der Waals surface area contributed by atoms with Gasteiger partial charge in [0.2, 0.25) is 12.2 Å². The van der Waals surface area contributed by atoms with E-state index in [0.29, 0.717) is 11.6 Å². The maximum absolute atomic E-state index is 12.9. The standard InChI is InChI=1S/C29H37ClN2O2/c1-5-6-7-8-9-12-19-31-28(33)21-32-26-14-11-10-13-24(26)29(2,3)27(32)18-16-22-15-17-23(34-4)20-25(22)30/h10-11,13-18,20H,5-9,12,19,21H2,1-4H3/p+1. The molecule has 0 radical (unpaired) electrons. The van der Waals surface area contributed by atoms with Crippen LogP contribution in [0.25, 0.3) is 6.08 Å². The van der Waals surface area contributed by atoms with Gasteiger partial charge in [-0.25, -0.2) is 0 Å². The van der Waals surface area contributed by atoms with E-state index in [-0.39, 0.29) is 11.3 Å². The first-order valence-corrected chi connectivity index (χ1v) is 12.8. The summed E-state index contributed by atoms with van der Waals surface area (Å²) >= 11 is 6.47. The monoisotopic (exact) mass is 481 g/mol. The van der Waals surface area contributed by atoms with Gasteiger partial charge in [0.25, 0.3) is 5.91 Å². The highest BCUT2D eigenvalue weighted by Gasteiger charge is 2.44. The van der Waals surface area contributed by atoms with Crippen molar-refractivity contribution in [3.8, 4) is 5.75 Å². The van der Waals surface area contributed by atoms with Crippen molar-refractivity contribution in [1.82, 2.24) is 5.32 Å². The molecule has 5 heteroatoms. The third kappa shape index (κ3) is 6.29. The minimum absolute atomic E-state index is 0.0504. The second-order valence-corrected chi connectivity index (χ2v) is 9.86. The van der Waals surface area contributed by atoms with E-state index < -0.39 is 0 Å². The summed E-state index contributed by atoms with van der Waals surface area (Å²) in [4.78, 5) is 12.9. The highest BCUT2D eigenvalue weighted by Crippen LogP contribution is 2.40. The van der Waals surface area contributed by atoms with Gasteiger partial charge < -0.3 is 10.1 Å². The Morgan fingerprint density at radius 1 is 1.06 bits per heavy atom. The number of carbonyl (C=O) groups is 1. The Hall–Kier alpha value is -2.59. The van der Waals surface area contributed by atoms with Crippen molar-refractivity contribution in [1.29, 1.82) is 0 Å². The summed E-state index contributed by atoms with van der Waals surface area (Å²) in [6.45, 7) is 7.66. The highest BCUT2D eigenvalue weighted by atomic mass is 35.5. The summed E-state index contributed by atoms with van der Waals surface area (Å²) < 4.78 is 7.40. The van der Waals surface area contributed by atoms with E-state index in [2.05, 4.69) is 54.9 Å². The Morgan fingerprint density at radius 3 is 2.53 bits per heavy atom. The molecular formula is C29H38ClN2O2+. The van der Waals surface area contributed by atoms with Gasteiger partial charge in [-0.2, -0.15) is 4.58 Å². The number of hydrogen-bond acceptors (Lipinski definition) is 2. The number of amides is 1. The fourth-order valence-corrected chi connectivity index (χ4v) is 4.82. The van der Waals surface area contributed by atoms with E-state index in [4.69, 9.17) is 16.3 Å². The van der Waals surface area contributed by atoms with Crippen LogP contribution < -0.4 is 10.1 Å². The van der Waals surface area contributed by atoms with Crippen molar-refractivity contribution in [2.45, 2.75) is 64.7 Å². The number of benzene rings is 2. The Labute approximate surface area is 209 Å². The predicted octanol–water partition coefficient (Wildman–Crippen LogP) is 6.91. The smallest absolute Gasteiger partial charge is 0.286 e. The summed E-state index contributed by atoms with van der Waals surface area (Å²) in [5.41, 5.74) is 4.07.